The molecule has 0 bridgehead atoms. The molecule has 2 rings (SSSR count). The van der Waals surface area contributed by atoms with Crippen molar-refractivity contribution in [1.82, 2.24) is 0 Å². The number of hydrogen-bond acceptors (Lipinski definition) is 2. The molecule has 6 heteroatoms. The second-order valence-electron chi connectivity index (χ2n) is 4.92. The first kappa shape index (κ1) is 21.5. The lowest BCUT2D eigenvalue weighted by atomic mass is 10.2. The van der Waals surface area contributed by atoms with Gasteiger partial charge in [0.25, 0.3) is 0 Å². The average Bonchev–Trinajstić information content (AvgIpc) is 2.60. The average molecular weight is 495 g/mol. The Labute approximate surface area is 170 Å². The summed E-state index contributed by atoms with van der Waals surface area (Å²) in [5.41, 5.74) is 4.66. The fraction of sp³-hybridized carbons (Fsp3) is 0.278. The molecule has 0 saturated carbocycles. The first-order chi connectivity index (χ1) is 11.6. The van der Waals surface area contributed by atoms with Crippen molar-refractivity contribution in [2.45, 2.75) is 26.2 Å². The van der Waals surface area contributed by atoms with Crippen molar-refractivity contribution in [2.75, 3.05) is 11.3 Å². The highest BCUT2D eigenvalue weighted by atomic mass is 79.9. The number of halogens is 4. The van der Waals surface area contributed by atoms with E-state index in [0.29, 0.717) is 5.17 Å². The Balaban J connectivity index is 0.000000413. The molecule has 0 saturated heterocycles. The molecular weight excluding hydrogens is 475 g/mol. The van der Waals surface area contributed by atoms with Gasteiger partial charge in [-0.3, -0.25) is 5.43 Å². The molecule has 0 fully saturated rings. The molecule has 2 nitrogen and oxygen atoms in total. The normalized spacial score (nSPS) is 10.8. The van der Waals surface area contributed by atoms with Crippen molar-refractivity contribution < 1.29 is 0 Å². The molecule has 0 aliphatic carbocycles. The molecule has 2 aromatic carbocycles. The second kappa shape index (κ2) is 12.8. The molecule has 0 aliphatic rings. The van der Waals surface area contributed by atoms with Crippen LogP contribution in [0.2, 0.25) is 0 Å². The van der Waals surface area contributed by atoms with Crippen molar-refractivity contribution in [3.05, 3.63) is 63.0 Å². The van der Waals surface area contributed by atoms with Crippen LogP contribution in [0.4, 0.5) is 5.69 Å². The molecule has 0 aromatic heterocycles. The highest BCUT2D eigenvalue weighted by molar-refractivity contribution is 9.10. The number of hydrazone groups is 1. The van der Waals surface area contributed by atoms with Crippen molar-refractivity contribution >= 4 is 65.9 Å². The monoisotopic (exact) mass is 492 g/mol. The predicted octanol–water partition coefficient (Wildman–Crippen LogP) is 7.64. The largest absolute Gasteiger partial charge is 0.277 e. The maximum atomic E-state index is 6.10. The van der Waals surface area contributed by atoms with E-state index in [4.69, 9.17) is 23.2 Å². The van der Waals surface area contributed by atoms with Gasteiger partial charge >= 0.3 is 0 Å². The number of nitrogens with one attached hydrogen (secondary N) is 1. The van der Waals surface area contributed by atoms with Crippen LogP contribution in [0.5, 0.6) is 0 Å². The molecule has 0 radical (unpaired) electrons. The summed E-state index contributed by atoms with van der Waals surface area (Å²) in [7, 11) is 0. The number of unbranched alkanes of at least 4 members (excludes halogenated alkanes) is 2. The third-order valence-electron chi connectivity index (χ3n) is 2.95. The third kappa shape index (κ3) is 9.07. The van der Waals surface area contributed by atoms with Gasteiger partial charge in [0.15, 0.2) is 5.17 Å². The van der Waals surface area contributed by atoms with Gasteiger partial charge in [0.2, 0.25) is 0 Å². The van der Waals surface area contributed by atoms with Crippen LogP contribution in [-0.4, -0.2) is 11.1 Å². The van der Waals surface area contributed by atoms with Crippen molar-refractivity contribution in [1.29, 1.82) is 0 Å². The van der Waals surface area contributed by atoms with Gasteiger partial charge in [-0.15, -0.1) is 11.6 Å². The summed E-state index contributed by atoms with van der Waals surface area (Å²) in [5.74, 6) is 0.827. The molecule has 2 aromatic rings. The van der Waals surface area contributed by atoms with E-state index in [0.717, 1.165) is 26.1 Å². The number of benzene rings is 2. The lowest BCUT2D eigenvalue weighted by Gasteiger charge is -2.02. The van der Waals surface area contributed by atoms with Crippen LogP contribution >= 0.6 is 55.1 Å². The van der Waals surface area contributed by atoms with E-state index in [2.05, 4.69) is 49.3 Å². The maximum absolute atomic E-state index is 6.10. The highest BCUT2D eigenvalue weighted by Gasteiger charge is 1.99. The van der Waals surface area contributed by atoms with Crippen LogP contribution in [0, 0.1) is 0 Å². The lowest BCUT2D eigenvalue weighted by Crippen LogP contribution is -1.96. The van der Waals surface area contributed by atoms with E-state index < -0.39 is 0 Å². The summed E-state index contributed by atoms with van der Waals surface area (Å²) in [6.45, 7) is 2.17. The first-order valence-electron chi connectivity index (χ1n) is 7.63. The second-order valence-corrected chi connectivity index (χ2v) is 7.49. The Morgan fingerprint density at radius 2 is 1.50 bits per heavy atom. The number of hydrogen-bond donors (Lipinski definition) is 1. The van der Waals surface area contributed by atoms with E-state index in [-0.39, 0.29) is 0 Å². The topological polar surface area (TPSA) is 24.4 Å². The Morgan fingerprint density at radius 1 is 0.958 bits per heavy atom. The van der Waals surface area contributed by atoms with Crippen molar-refractivity contribution in [2.24, 2.45) is 5.10 Å². The molecule has 0 amide bonds. The summed E-state index contributed by atoms with van der Waals surface area (Å²) in [6.07, 6.45) is 3.73. The van der Waals surface area contributed by atoms with Gasteiger partial charge in [-0.2, -0.15) is 5.10 Å². The zero-order valence-corrected chi connectivity index (χ0v) is 18.1. The van der Waals surface area contributed by atoms with Crippen molar-refractivity contribution in [3.8, 4) is 0 Å². The van der Waals surface area contributed by atoms with Crippen LogP contribution in [0.1, 0.15) is 31.7 Å². The number of anilines is 1. The summed E-state index contributed by atoms with van der Waals surface area (Å²) in [4.78, 5) is 0. The summed E-state index contributed by atoms with van der Waals surface area (Å²) in [6, 6.07) is 15.4. The Hall–Kier alpha value is -0.550. The van der Waals surface area contributed by atoms with Crippen LogP contribution in [0.15, 0.2) is 62.6 Å². The van der Waals surface area contributed by atoms with E-state index in [1.54, 1.807) is 0 Å². The van der Waals surface area contributed by atoms with Crippen molar-refractivity contribution in [3.63, 3.8) is 0 Å². The molecule has 0 spiro atoms. The molecule has 1 N–H and O–H groups in total. The molecule has 130 valence electrons. The van der Waals surface area contributed by atoms with Crippen LogP contribution in [0.25, 0.3) is 0 Å². The fourth-order valence-electron chi connectivity index (χ4n) is 1.63. The van der Waals surface area contributed by atoms with Gasteiger partial charge in [-0.05, 0) is 42.8 Å². The predicted molar refractivity (Wildman–Crippen MR) is 115 cm³/mol. The Kier molecular flexibility index (Phi) is 11.4. The van der Waals surface area contributed by atoms with Gasteiger partial charge in [0.05, 0.1) is 5.69 Å². The van der Waals surface area contributed by atoms with E-state index in [9.17, 15) is 0 Å². The standard InChI is InChI=1S/C13H9Br2ClN2.C5H11Cl/c14-10-3-1-9(2-4-10)13(16)18-17-12-7-5-11(15)6-8-12;1-2-3-4-5-6/h1-8,17H;2-5H2,1H3. The zero-order chi connectivity index (χ0) is 17.8. The van der Waals surface area contributed by atoms with E-state index >= 15 is 0 Å². The van der Waals surface area contributed by atoms with Gasteiger partial charge in [-0.25, -0.2) is 0 Å². The van der Waals surface area contributed by atoms with Gasteiger partial charge in [-0.1, -0.05) is 75.4 Å². The highest BCUT2D eigenvalue weighted by Crippen LogP contribution is 2.16. The minimum Gasteiger partial charge on any atom is -0.277 e. The summed E-state index contributed by atoms with van der Waals surface area (Å²) < 4.78 is 2.03. The molecule has 0 atom stereocenters. The zero-order valence-electron chi connectivity index (χ0n) is 13.4. The van der Waals surface area contributed by atoms with Crippen LogP contribution in [0.3, 0.4) is 0 Å². The van der Waals surface area contributed by atoms with E-state index in [1.165, 1.54) is 19.3 Å². The SMILES string of the molecule is CCCCCCl.ClC(=NNc1ccc(Br)cc1)c1ccc(Br)cc1. The first-order valence-corrected chi connectivity index (χ1v) is 10.1. The van der Waals surface area contributed by atoms with Gasteiger partial charge < -0.3 is 0 Å². The molecule has 0 heterocycles. The molecule has 0 unspecified atom stereocenters. The van der Waals surface area contributed by atoms with Gasteiger partial charge in [0, 0.05) is 20.4 Å². The number of rotatable bonds is 6. The minimum absolute atomic E-state index is 0.422. The number of nitrogens with zero attached hydrogens (tertiary/aromatic N) is 1. The maximum Gasteiger partial charge on any atom is 0.156 e. The van der Waals surface area contributed by atoms with Crippen LogP contribution < -0.4 is 5.43 Å². The van der Waals surface area contributed by atoms with Crippen LogP contribution in [-0.2, 0) is 0 Å². The molecule has 0 aliphatic heterocycles. The summed E-state index contributed by atoms with van der Waals surface area (Å²) >= 11 is 18.2. The molecular formula is C18H20Br2Cl2N2. The molecule has 24 heavy (non-hydrogen) atoms. The fourth-order valence-corrected chi connectivity index (χ4v) is 2.52. The summed E-state index contributed by atoms with van der Waals surface area (Å²) in [5, 5.41) is 4.55. The Morgan fingerprint density at radius 3 is 1.96 bits per heavy atom. The number of alkyl halides is 1. The smallest absolute Gasteiger partial charge is 0.156 e. The van der Waals surface area contributed by atoms with Gasteiger partial charge in [0.1, 0.15) is 0 Å². The quantitative estimate of drug-likeness (QED) is 0.190. The Bertz CT molecular complexity index is 610. The minimum atomic E-state index is 0.422. The van der Waals surface area contributed by atoms with E-state index in [1.807, 2.05) is 48.5 Å². The third-order valence-corrected chi connectivity index (χ3v) is 4.57. The lowest BCUT2D eigenvalue weighted by molar-refractivity contribution is 0.776.